The summed E-state index contributed by atoms with van der Waals surface area (Å²) in [6.45, 7) is -0.00116. The quantitative estimate of drug-likeness (QED) is 0.650. The molecule has 1 amide bonds. The molecule has 0 aromatic carbocycles. The topological polar surface area (TPSA) is 94.0 Å². The van der Waals surface area contributed by atoms with Gasteiger partial charge in [-0.15, -0.1) is 0 Å². The fraction of sp³-hybridized carbons (Fsp3) is 0.143. The second kappa shape index (κ2) is 3.95. The van der Waals surface area contributed by atoms with Gasteiger partial charge in [0, 0.05) is 6.20 Å². The predicted octanol–water partition coefficient (Wildman–Crippen LogP) is 0.214. The zero-order valence-electron chi connectivity index (χ0n) is 6.75. The maximum absolute atomic E-state index is 10.4. The van der Waals surface area contributed by atoms with Crippen molar-refractivity contribution in [3.05, 3.63) is 17.3 Å². The third-order valence-electron chi connectivity index (χ3n) is 1.31. The lowest BCUT2D eigenvalue weighted by molar-refractivity contribution is -0.116. The van der Waals surface area contributed by atoms with Crippen molar-refractivity contribution in [3.8, 4) is 0 Å². The van der Waals surface area contributed by atoms with Crippen LogP contribution in [0.4, 0.5) is 11.5 Å². The molecule has 0 aliphatic carbocycles. The van der Waals surface area contributed by atoms with Gasteiger partial charge in [-0.3, -0.25) is 4.79 Å². The first-order valence-corrected chi connectivity index (χ1v) is 3.90. The van der Waals surface area contributed by atoms with Gasteiger partial charge in [0.15, 0.2) is 0 Å². The van der Waals surface area contributed by atoms with Gasteiger partial charge in [-0.1, -0.05) is 11.6 Å². The summed E-state index contributed by atoms with van der Waals surface area (Å²) < 4.78 is 0. The number of nitrogens with one attached hydrogen (secondary N) is 1. The molecule has 0 atom stereocenters. The third kappa shape index (κ3) is 2.79. The summed E-state index contributed by atoms with van der Waals surface area (Å²) in [6, 6.07) is 1.54. The Bertz CT molecular complexity index is 328. The van der Waals surface area contributed by atoms with Crippen LogP contribution in [0.25, 0.3) is 0 Å². The van der Waals surface area contributed by atoms with Crippen LogP contribution in [0.15, 0.2) is 12.3 Å². The molecule has 0 aliphatic heterocycles. The average molecular weight is 201 g/mol. The van der Waals surface area contributed by atoms with Gasteiger partial charge in [-0.2, -0.15) is 0 Å². The van der Waals surface area contributed by atoms with Crippen LogP contribution >= 0.6 is 11.6 Å². The maximum Gasteiger partial charge on any atom is 0.236 e. The zero-order valence-corrected chi connectivity index (χ0v) is 7.51. The Morgan fingerprint density at radius 1 is 1.69 bits per heavy atom. The number of pyridine rings is 1. The number of aromatic nitrogens is 1. The number of halogens is 1. The molecule has 1 heterocycles. The number of rotatable bonds is 3. The van der Waals surface area contributed by atoms with E-state index in [0.717, 1.165) is 0 Å². The zero-order chi connectivity index (χ0) is 9.84. The van der Waals surface area contributed by atoms with Crippen molar-refractivity contribution in [2.75, 3.05) is 17.6 Å². The number of amides is 1. The number of primary amides is 1. The lowest BCUT2D eigenvalue weighted by atomic mass is 10.4. The van der Waals surface area contributed by atoms with Crippen molar-refractivity contribution in [3.63, 3.8) is 0 Å². The van der Waals surface area contributed by atoms with E-state index < -0.39 is 5.91 Å². The summed E-state index contributed by atoms with van der Waals surface area (Å²) in [7, 11) is 0. The minimum atomic E-state index is -0.476. The molecule has 13 heavy (non-hydrogen) atoms. The number of hydrogen-bond donors (Lipinski definition) is 3. The predicted molar refractivity (Wildman–Crippen MR) is 51.3 cm³/mol. The molecule has 1 aromatic rings. The third-order valence-corrected chi connectivity index (χ3v) is 1.52. The molecule has 0 radical (unpaired) electrons. The van der Waals surface area contributed by atoms with Gasteiger partial charge >= 0.3 is 0 Å². The van der Waals surface area contributed by atoms with Crippen LogP contribution < -0.4 is 16.8 Å². The highest BCUT2D eigenvalue weighted by molar-refractivity contribution is 6.30. The number of hydrogen-bond acceptors (Lipinski definition) is 4. The van der Waals surface area contributed by atoms with Gasteiger partial charge in [0.05, 0.1) is 17.3 Å². The van der Waals surface area contributed by atoms with Crippen molar-refractivity contribution in [2.45, 2.75) is 0 Å². The summed E-state index contributed by atoms with van der Waals surface area (Å²) in [4.78, 5) is 14.3. The molecule has 5 nitrogen and oxygen atoms in total. The monoisotopic (exact) mass is 200 g/mol. The van der Waals surface area contributed by atoms with Gasteiger partial charge < -0.3 is 16.8 Å². The summed E-state index contributed by atoms with van der Waals surface area (Å²) >= 11 is 5.62. The number of carbonyl (C=O) groups excluding carboxylic acids is 1. The molecule has 70 valence electrons. The van der Waals surface area contributed by atoms with Gasteiger partial charge in [0.25, 0.3) is 0 Å². The number of nitrogen functional groups attached to an aromatic ring is 1. The number of carbonyl (C=O) groups is 1. The molecule has 0 bridgehead atoms. The van der Waals surface area contributed by atoms with E-state index >= 15 is 0 Å². The molecule has 6 heteroatoms. The van der Waals surface area contributed by atoms with E-state index in [1.165, 1.54) is 12.3 Å². The van der Waals surface area contributed by atoms with Crippen LogP contribution in [-0.4, -0.2) is 17.4 Å². The first kappa shape index (κ1) is 9.60. The van der Waals surface area contributed by atoms with Gasteiger partial charge in [-0.25, -0.2) is 4.98 Å². The van der Waals surface area contributed by atoms with Gasteiger partial charge in [0.1, 0.15) is 5.82 Å². The molecule has 0 unspecified atom stereocenters. The lowest BCUT2D eigenvalue weighted by Crippen LogP contribution is -2.22. The van der Waals surface area contributed by atoms with E-state index in [1.807, 2.05) is 0 Å². The van der Waals surface area contributed by atoms with E-state index in [-0.39, 0.29) is 6.54 Å². The standard InChI is InChI=1S/C7H9ClN4O/c8-4-1-5(9)7(11-2-4)12-3-6(10)13/h1-2H,3,9H2,(H2,10,13)(H,11,12). The van der Waals surface area contributed by atoms with Crippen molar-refractivity contribution in [1.82, 2.24) is 4.98 Å². The number of nitrogens with two attached hydrogens (primary N) is 2. The molecule has 1 rings (SSSR count). The molecule has 0 fully saturated rings. The second-order valence-corrected chi connectivity index (χ2v) is 2.85. The van der Waals surface area contributed by atoms with Gasteiger partial charge in [-0.05, 0) is 6.07 Å². The largest absolute Gasteiger partial charge is 0.396 e. The minimum Gasteiger partial charge on any atom is -0.396 e. The van der Waals surface area contributed by atoms with Crippen LogP contribution in [0, 0.1) is 0 Å². The van der Waals surface area contributed by atoms with E-state index in [9.17, 15) is 4.79 Å². The Hall–Kier alpha value is -1.49. The van der Waals surface area contributed by atoms with Crippen molar-refractivity contribution >= 4 is 29.0 Å². The Labute approximate surface area is 80.1 Å². The molecule has 0 saturated carbocycles. The molecular formula is C7H9ClN4O. The average Bonchev–Trinajstić information content (AvgIpc) is 2.02. The van der Waals surface area contributed by atoms with E-state index in [1.54, 1.807) is 0 Å². The maximum atomic E-state index is 10.4. The minimum absolute atomic E-state index is 0.00116. The fourth-order valence-corrected chi connectivity index (χ4v) is 0.940. The Balaban J connectivity index is 2.72. The first-order chi connectivity index (χ1) is 6.09. The molecular weight excluding hydrogens is 192 g/mol. The van der Waals surface area contributed by atoms with Crippen LogP contribution in [0.2, 0.25) is 5.02 Å². The Morgan fingerprint density at radius 3 is 2.92 bits per heavy atom. The molecule has 0 aliphatic rings. The SMILES string of the molecule is NC(=O)CNc1ncc(Cl)cc1N. The highest BCUT2D eigenvalue weighted by Gasteiger charge is 2.01. The number of nitrogens with zero attached hydrogens (tertiary/aromatic N) is 1. The lowest BCUT2D eigenvalue weighted by Gasteiger charge is -2.05. The van der Waals surface area contributed by atoms with Crippen LogP contribution in [0.5, 0.6) is 0 Å². The van der Waals surface area contributed by atoms with Crippen LogP contribution in [0.1, 0.15) is 0 Å². The highest BCUT2D eigenvalue weighted by atomic mass is 35.5. The Kier molecular flexibility index (Phi) is 2.92. The van der Waals surface area contributed by atoms with Crippen molar-refractivity contribution in [2.24, 2.45) is 5.73 Å². The molecule has 0 saturated heterocycles. The smallest absolute Gasteiger partial charge is 0.236 e. The van der Waals surface area contributed by atoms with E-state index in [0.29, 0.717) is 16.5 Å². The van der Waals surface area contributed by atoms with E-state index in [2.05, 4.69) is 10.3 Å². The fourth-order valence-electron chi connectivity index (χ4n) is 0.773. The summed E-state index contributed by atoms with van der Waals surface area (Å²) in [5.41, 5.74) is 10.9. The van der Waals surface area contributed by atoms with Crippen LogP contribution in [-0.2, 0) is 4.79 Å². The van der Waals surface area contributed by atoms with Crippen molar-refractivity contribution in [1.29, 1.82) is 0 Å². The Morgan fingerprint density at radius 2 is 2.38 bits per heavy atom. The van der Waals surface area contributed by atoms with Crippen LogP contribution in [0.3, 0.4) is 0 Å². The molecule has 0 spiro atoms. The van der Waals surface area contributed by atoms with Crippen molar-refractivity contribution < 1.29 is 4.79 Å². The summed E-state index contributed by atoms with van der Waals surface area (Å²) in [6.07, 6.45) is 1.43. The summed E-state index contributed by atoms with van der Waals surface area (Å²) in [5, 5.41) is 3.12. The first-order valence-electron chi connectivity index (χ1n) is 3.53. The van der Waals surface area contributed by atoms with E-state index in [4.69, 9.17) is 23.1 Å². The summed E-state index contributed by atoms with van der Waals surface area (Å²) in [5.74, 6) is -0.0700. The second-order valence-electron chi connectivity index (χ2n) is 2.41. The molecule has 5 N–H and O–H groups in total. The highest BCUT2D eigenvalue weighted by Crippen LogP contribution is 2.18. The number of anilines is 2. The van der Waals surface area contributed by atoms with Gasteiger partial charge in [0.2, 0.25) is 5.91 Å². The normalized spacial score (nSPS) is 9.62. The molecule has 1 aromatic heterocycles.